The average molecular weight is 356 g/mol. The molecule has 5 heteroatoms. The number of hydrogen-bond acceptors (Lipinski definition) is 3. The predicted molar refractivity (Wildman–Crippen MR) is 98.0 cm³/mol. The van der Waals surface area contributed by atoms with Gasteiger partial charge in [-0.3, -0.25) is 20.4 Å². The Labute approximate surface area is 154 Å². The first-order valence-electron chi connectivity index (χ1n) is 9.82. The van der Waals surface area contributed by atoms with Crippen LogP contribution in [0.2, 0.25) is 0 Å². The highest BCUT2D eigenvalue weighted by atomic mass is 16.5. The minimum Gasteiger partial charge on any atom is -0.481 e. The van der Waals surface area contributed by atoms with E-state index in [0.717, 1.165) is 17.8 Å². The highest BCUT2D eigenvalue weighted by molar-refractivity contribution is 5.84. The van der Waals surface area contributed by atoms with Crippen LogP contribution < -0.4 is 15.6 Å². The molecule has 0 unspecified atom stereocenters. The summed E-state index contributed by atoms with van der Waals surface area (Å²) >= 11 is 0. The van der Waals surface area contributed by atoms with E-state index in [1.54, 1.807) is 19.1 Å². The maximum Gasteiger partial charge on any atom is 0.279 e. The quantitative estimate of drug-likeness (QED) is 0.796. The third-order valence-electron chi connectivity index (χ3n) is 6.45. The molecule has 26 heavy (non-hydrogen) atoms. The second-order valence-corrected chi connectivity index (χ2v) is 8.70. The average Bonchev–Trinajstić information content (AvgIpc) is 2.59. The lowest BCUT2D eigenvalue weighted by Crippen LogP contribution is -2.51. The third kappa shape index (κ3) is 3.71. The summed E-state index contributed by atoms with van der Waals surface area (Å²) in [6, 6.07) is 9.20. The molecule has 0 saturated heterocycles. The van der Waals surface area contributed by atoms with Crippen LogP contribution in [0, 0.1) is 23.2 Å². The van der Waals surface area contributed by atoms with Gasteiger partial charge in [0.2, 0.25) is 5.91 Å². The molecule has 4 fully saturated rings. The van der Waals surface area contributed by atoms with Crippen molar-refractivity contribution in [2.45, 2.75) is 58.0 Å². The number of para-hydroxylation sites is 1. The maximum atomic E-state index is 12.4. The fourth-order valence-electron chi connectivity index (χ4n) is 5.88. The second-order valence-electron chi connectivity index (χ2n) is 8.70. The third-order valence-corrected chi connectivity index (χ3v) is 6.45. The molecule has 4 aliphatic carbocycles. The van der Waals surface area contributed by atoms with E-state index in [9.17, 15) is 9.59 Å². The Morgan fingerprint density at radius 2 is 1.62 bits per heavy atom. The van der Waals surface area contributed by atoms with Gasteiger partial charge in [-0.1, -0.05) is 18.2 Å². The highest BCUT2D eigenvalue weighted by Gasteiger charge is 2.51. The van der Waals surface area contributed by atoms with Gasteiger partial charge >= 0.3 is 0 Å². The van der Waals surface area contributed by atoms with Crippen molar-refractivity contribution in [3.63, 3.8) is 0 Å². The normalized spacial score (nSPS) is 32.7. The summed E-state index contributed by atoms with van der Waals surface area (Å²) in [7, 11) is 0. The fraction of sp³-hybridized carbons (Fsp3) is 0.619. The molecular formula is C21H28N2O3. The molecule has 2 N–H and O–H groups in total. The standard InChI is InChI=1S/C21H28N2O3/c1-14(26-18-5-3-2-4-6-18)20(25)23-22-19(24)13-21-10-15-7-16(11-21)9-17(8-15)12-21/h2-6,14-17H,7-13H2,1H3,(H,22,24)(H,23,25)/t14-,15?,16?,17?,21?/m0/s1. The molecule has 0 aliphatic heterocycles. The lowest BCUT2D eigenvalue weighted by molar-refractivity contribution is -0.136. The predicted octanol–water partition coefficient (Wildman–Crippen LogP) is 3.21. The molecule has 0 heterocycles. The van der Waals surface area contributed by atoms with Crippen molar-refractivity contribution in [1.82, 2.24) is 10.9 Å². The van der Waals surface area contributed by atoms with Gasteiger partial charge in [-0.25, -0.2) is 0 Å². The molecule has 0 spiro atoms. The van der Waals surface area contributed by atoms with Crippen LogP contribution in [0.3, 0.4) is 0 Å². The molecule has 4 bridgehead atoms. The molecule has 1 atom stereocenters. The van der Waals surface area contributed by atoms with Crippen molar-refractivity contribution >= 4 is 11.8 Å². The van der Waals surface area contributed by atoms with E-state index in [2.05, 4.69) is 10.9 Å². The Kier molecular flexibility index (Phi) is 4.63. The number of hydrogen-bond donors (Lipinski definition) is 2. The van der Waals surface area contributed by atoms with E-state index in [0.29, 0.717) is 12.2 Å². The largest absolute Gasteiger partial charge is 0.481 e. The van der Waals surface area contributed by atoms with Gasteiger partial charge in [0.15, 0.2) is 6.10 Å². The minimum absolute atomic E-state index is 0.0767. The Bertz CT molecular complexity index is 638. The number of carbonyl (C=O) groups is 2. The number of hydrazine groups is 1. The van der Waals surface area contributed by atoms with Crippen molar-refractivity contribution in [2.75, 3.05) is 0 Å². The summed E-state index contributed by atoms with van der Waals surface area (Å²) in [6.45, 7) is 1.67. The zero-order valence-electron chi connectivity index (χ0n) is 15.4. The van der Waals surface area contributed by atoms with E-state index in [1.807, 2.05) is 18.2 Å². The van der Waals surface area contributed by atoms with E-state index in [4.69, 9.17) is 4.74 Å². The molecule has 1 aromatic rings. The first-order chi connectivity index (χ1) is 12.5. The van der Waals surface area contributed by atoms with Crippen LogP contribution >= 0.6 is 0 Å². The molecule has 1 aromatic carbocycles. The Hall–Kier alpha value is -2.04. The molecular weight excluding hydrogens is 328 g/mol. The van der Waals surface area contributed by atoms with Crippen molar-refractivity contribution < 1.29 is 14.3 Å². The van der Waals surface area contributed by atoms with Gasteiger partial charge in [0, 0.05) is 6.42 Å². The molecule has 0 radical (unpaired) electrons. The summed E-state index contributed by atoms with van der Waals surface area (Å²) in [5, 5.41) is 0. The summed E-state index contributed by atoms with van der Waals surface area (Å²) in [6.07, 6.45) is 7.53. The van der Waals surface area contributed by atoms with Crippen molar-refractivity contribution in [2.24, 2.45) is 23.2 Å². The van der Waals surface area contributed by atoms with E-state index in [1.165, 1.54) is 38.5 Å². The van der Waals surface area contributed by atoms with Crippen molar-refractivity contribution in [3.8, 4) is 5.75 Å². The van der Waals surface area contributed by atoms with E-state index >= 15 is 0 Å². The molecule has 5 rings (SSSR count). The smallest absolute Gasteiger partial charge is 0.279 e. The lowest BCUT2D eigenvalue weighted by atomic mass is 9.49. The zero-order chi connectivity index (χ0) is 18.1. The monoisotopic (exact) mass is 356 g/mol. The second kappa shape index (κ2) is 6.93. The van der Waals surface area contributed by atoms with Gasteiger partial charge in [-0.2, -0.15) is 0 Å². The number of ether oxygens (including phenoxy) is 1. The van der Waals surface area contributed by atoms with E-state index < -0.39 is 6.10 Å². The molecule has 140 valence electrons. The van der Waals surface area contributed by atoms with E-state index in [-0.39, 0.29) is 17.2 Å². The van der Waals surface area contributed by atoms with Crippen molar-refractivity contribution in [1.29, 1.82) is 0 Å². The fourth-order valence-corrected chi connectivity index (χ4v) is 5.88. The Balaban J connectivity index is 1.26. The van der Waals surface area contributed by atoms with Gasteiger partial charge in [-0.05, 0) is 80.8 Å². The molecule has 0 aromatic heterocycles. The number of carbonyl (C=O) groups excluding carboxylic acids is 2. The highest BCUT2D eigenvalue weighted by Crippen LogP contribution is 2.61. The van der Waals surface area contributed by atoms with Gasteiger partial charge in [0.1, 0.15) is 5.75 Å². The maximum absolute atomic E-state index is 12.4. The topological polar surface area (TPSA) is 67.4 Å². The van der Waals surface area contributed by atoms with Crippen LogP contribution in [0.5, 0.6) is 5.75 Å². The van der Waals surface area contributed by atoms with Crippen LogP contribution in [0.4, 0.5) is 0 Å². The Morgan fingerprint density at radius 3 is 2.19 bits per heavy atom. The lowest BCUT2D eigenvalue weighted by Gasteiger charge is -2.56. The number of benzene rings is 1. The summed E-state index contributed by atoms with van der Waals surface area (Å²) in [5.74, 6) is 2.68. The number of amides is 2. The van der Waals surface area contributed by atoms with Gasteiger partial charge < -0.3 is 4.74 Å². The molecule has 5 nitrogen and oxygen atoms in total. The SMILES string of the molecule is C[C@H](Oc1ccccc1)C(=O)NNC(=O)CC12CC3CC(CC(C3)C1)C2. The molecule has 4 saturated carbocycles. The Morgan fingerprint density at radius 1 is 1.04 bits per heavy atom. The van der Waals surface area contributed by atoms with Gasteiger partial charge in [0.05, 0.1) is 0 Å². The zero-order valence-corrected chi connectivity index (χ0v) is 15.4. The minimum atomic E-state index is -0.669. The van der Waals surface area contributed by atoms with Crippen LogP contribution in [0.1, 0.15) is 51.9 Å². The van der Waals surface area contributed by atoms with Gasteiger partial charge in [0.25, 0.3) is 5.91 Å². The molecule has 4 aliphatic rings. The van der Waals surface area contributed by atoms with Crippen LogP contribution in [0.25, 0.3) is 0 Å². The molecule has 2 amide bonds. The number of rotatable bonds is 5. The first-order valence-corrected chi connectivity index (χ1v) is 9.82. The summed E-state index contributed by atoms with van der Waals surface area (Å²) < 4.78 is 5.58. The summed E-state index contributed by atoms with van der Waals surface area (Å²) in [4.78, 5) is 24.6. The number of nitrogens with one attached hydrogen (secondary N) is 2. The summed E-state index contributed by atoms with van der Waals surface area (Å²) in [5.41, 5.74) is 5.30. The van der Waals surface area contributed by atoms with Crippen LogP contribution in [-0.4, -0.2) is 17.9 Å². The van der Waals surface area contributed by atoms with Crippen molar-refractivity contribution in [3.05, 3.63) is 30.3 Å². The van der Waals surface area contributed by atoms with Crippen LogP contribution in [0.15, 0.2) is 30.3 Å². The van der Waals surface area contributed by atoms with Crippen LogP contribution in [-0.2, 0) is 9.59 Å². The first kappa shape index (κ1) is 17.4. The van der Waals surface area contributed by atoms with Gasteiger partial charge in [-0.15, -0.1) is 0 Å².